The molecule has 0 radical (unpaired) electrons. The Morgan fingerprint density at radius 2 is 0.800 bits per heavy atom. The van der Waals surface area contributed by atoms with Crippen molar-refractivity contribution in [1.29, 1.82) is 0 Å². The van der Waals surface area contributed by atoms with E-state index in [9.17, 15) is 0 Å². The molecule has 0 aromatic rings. The molecule has 6 atom stereocenters. The van der Waals surface area contributed by atoms with Crippen molar-refractivity contribution in [3.63, 3.8) is 0 Å². The molecule has 0 amide bonds. The first-order valence-electron chi connectivity index (χ1n) is 19.8. The molecule has 0 fully saturated rings. The highest BCUT2D eigenvalue weighted by Gasteiger charge is 2.12. The summed E-state index contributed by atoms with van der Waals surface area (Å²) in [5, 5.41) is 0. The van der Waals surface area contributed by atoms with Gasteiger partial charge in [-0.05, 0) is 64.2 Å². The summed E-state index contributed by atoms with van der Waals surface area (Å²) in [4.78, 5) is 0. The minimum Gasteiger partial charge on any atom is -0.362 e. The molecule has 0 aliphatic carbocycles. The standard InChI is InChI=1S/2C23H39OP/c2*1-4-6-8-10-12-13-14-15-16-18-20-22(3)23(24-25)21-19-17-11-9-7-5-2/h2*7,9,13-20,22-23H,4-6,8,10-12,21,25H2,1-3H3/b9-7-,14-13-,16-15+,19-17-,20-18+;. The van der Waals surface area contributed by atoms with Crippen molar-refractivity contribution in [2.24, 2.45) is 11.8 Å². The van der Waals surface area contributed by atoms with Crippen LogP contribution in [0.4, 0.5) is 0 Å². The average Bonchev–Trinajstić information content (AvgIpc) is 3.12. The second-order valence-electron chi connectivity index (χ2n) is 12.8. The lowest BCUT2D eigenvalue weighted by Gasteiger charge is -2.17. The minimum atomic E-state index is 0.204. The first-order chi connectivity index (χ1) is 24.5. The second kappa shape index (κ2) is 43.3. The molecule has 284 valence electrons. The maximum atomic E-state index is 5.54. The van der Waals surface area contributed by atoms with Crippen LogP contribution in [0, 0.1) is 11.8 Å². The van der Waals surface area contributed by atoms with Crippen molar-refractivity contribution >= 4 is 18.9 Å². The number of allylic oxidation sites excluding steroid dienone is 16. The van der Waals surface area contributed by atoms with Gasteiger partial charge in [0.2, 0.25) is 0 Å². The molecule has 0 heterocycles. The molecule has 0 spiro atoms. The lowest BCUT2D eigenvalue weighted by atomic mass is 10.0. The summed E-state index contributed by atoms with van der Waals surface area (Å²) in [6.07, 6.45) is 63.1. The smallest absolute Gasteiger partial charge is 0.0705 e. The third-order valence-electron chi connectivity index (χ3n) is 8.16. The van der Waals surface area contributed by atoms with Gasteiger partial charge in [-0.1, -0.05) is 202 Å². The molecule has 4 heteroatoms. The van der Waals surface area contributed by atoms with Gasteiger partial charge >= 0.3 is 0 Å². The fourth-order valence-corrected chi connectivity index (χ4v) is 5.55. The van der Waals surface area contributed by atoms with Crippen molar-refractivity contribution in [3.05, 3.63) is 122 Å². The topological polar surface area (TPSA) is 18.5 Å². The summed E-state index contributed by atoms with van der Waals surface area (Å²) in [6, 6.07) is 0. The zero-order valence-electron chi connectivity index (χ0n) is 33.1. The monoisotopic (exact) mass is 725 g/mol. The number of hydrogen-bond acceptors (Lipinski definition) is 2. The van der Waals surface area contributed by atoms with Crippen LogP contribution >= 0.6 is 18.9 Å². The first-order valence-corrected chi connectivity index (χ1v) is 20.8. The first kappa shape index (κ1) is 50.3. The zero-order chi connectivity index (χ0) is 37.2. The average molecular weight is 725 g/mol. The van der Waals surface area contributed by atoms with Crippen LogP contribution < -0.4 is 0 Å². The Hall–Kier alpha value is -1.82. The van der Waals surface area contributed by atoms with Gasteiger partial charge in [-0.25, -0.2) is 0 Å². The van der Waals surface area contributed by atoms with E-state index >= 15 is 0 Å². The molecule has 0 aromatic heterocycles. The van der Waals surface area contributed by atoms with Gasteiger partial charge in [-0.15, -0.1) is 0 Å². The Balaban J connectivity index is 0. The molecule has 0 aliphatic heterocycles. The van der Waals surface area contributed by atoms with Crippen molar-refractivity contribution in [1.82, 2.24) is 0 Å². The molecule has 0 bridgehead atoms. The third-order valence-corrected chi connectivity index (χ3v) is 8.86. The number of unbranched alkanes of at least 4 members (excludes halogenated alkanes) is 8. The quantitative estimate of drug-likeness (QED) is 0.0318. The highest BCUT2D eigenvalue weighted by Crippen LogP contribution is 2.18. The van der Waals surface area contributed by atoms with E-state index in [1.807, 2.05) is 0 Å². The van der Waals surface area contributed by atoms with E-state index in [4.69, 9.17) is 9.05 Å². The summed E-state index contributed by atoms with van der Waals surface area (Å²) in [5.74, 6) is 0.770. The Morgan fingerprint density at radius 3 is 1.16 bits per heavy atom. The van der Waals surface area contributed by atoms with Gasteiger partial charge in [0.25, 0.3) is 0 Å². The predicted octanol–water partition coefficient (Wildman–Crippen LogP) is 15.5. The van der Waals surface area contributed by atoms with Crippen LogP contribution in [-0.2, 0) is 9.05 Å². The van der Waals surface area contributed by atoms with Crippen LogP contribution in [0.15, 0.2) is 122 Å². The molecule has 0 rings (SSSR count). The van der Waals surface area contributed by atoms with Gasteiger partial charge in [0.1, 0.15) is 0 Å². The predicted molar refractivity (Wildman–Crippen MR) is 235 cm³/mol. The molecule has 0 N–H and O–H groups in total. The molecule has 0 aliphatic rings. The maximum Gasteiger partial charge on any atom is 0.0705 e. The van der Waals surface area contributed by atoms with Crippen LogP contribution in [0.1, 0.15) is 144 Å². The Kier molecular flexibility index (Phi) is 43.6. The van der Waals surface area contributed by atoms with E-state index in [2.05, 4.69) is 182 Å². The number of rotatable bonds is 30. The van der Waals surface area contributed by atoms with Crippen LogP contribution in [0.5, 0.6) is 0 Å². The lowest BCUT2D eigenvalue weighted by Crippen LogP contribution is -2.15. The van der Waals surface area contributed by atoms with Crippen LogP contribution in [-0.4, -0.2) is 12.2 Å². The van der Waals surface area contributed by atoms with Gasteiger partial charge in [0, 0.05) is 30.8 Å². The lowest BCUT2D eigenvalue weighted by molar-refractivity contribution is 0.199. The molecule has 2 nitrogen and oxygen atoms in total. The maximum absolute atomic E-state index is 5.54. The van der Waals surface area contributed by atoms with Crippen molar-refractivity contribution in [2.45, 2.75) is 156 Å². The van der Waals surface area contributed by atoms with Gasteiger partial charge in [-0.3, -0.25) is 0 Å². The Bertz CT molecular complexity index is 916. The minimum absolute atomic E-state index is 0.204. The summed E-state index contributed by atoms with van der Waals surface area (Å²) < 4.78 is 11.1. The summed E-state index contributed by atoms with van der Waals surface area (Å²) in [6.45, 7) is 13.2. The largest absolute Gasteiger partial charge is 0.362 e. The molecular weight excluding hydrogens is 646 g/mol. The molecule has 6 unspecified atom stereocenters. The Labute approximate surface area is 316 Å². The fourth-order valence-electron chi connectivity index (χ4n) is 4.84. The van der Waals surface area contributed by atoms with Crippen LogP contribution in [0.2, 0.25) is 0 Å². The molecule has 0 saturated heterocycles. The van der Waals surface area contributed by atoms with Crippen LogP contribution in [0.3, 0.4) is 0 Å². The molecule has 0 aromatic carbocycles. The van der Waals surface area contributed by atoms with Gasteiger partial charge in [0.15, 0.2) is 0 Å². The van der Waals surface area contributed by atoms with E-state index < -0.39 is 0 Å². The van der Waals surface area contributed by atoms with E-state index in [0.717, 1.165) is 38.5 Å². The SMILES string of the molecule is CC/C=C\C/C=C\CC(OP)C(C)/C=C/C=C/C=C\CCCCCC.CCC=CCC=CCC(OP)C(C)C=CC=CC=CCCCCCC. The second-order valence-corrected chi connectivity index (χ2v) is 13.4. The van der Waals surface area contributed by atoms with Crippen molar-refractivity contribution < 1.29 is 9.05 Å². The van der Waals surface area contributed by atoms with E-state index in [1.165, 1.54) is 64.2 Å². The fraction of sp³-hybridized carbons (Fsp3) is 0.565. The molecule has 0 saturated carbocycles. The van der Waals surface area contributed by atoms with Gasteiger partial charge < -0.3 is 9.05 Å². The normalized spacial score (nSPS) is 15.5. The van der Waals surface area contributed by atoms with Crippen molar-refractivity contribution in [2.75, 3.05) is 0 Å². The van der Waals surface area contributed by atoms with Crippen LogP contribution in [0.25, 0.3) is 0 Å². The third kappa shape index (κ3) is 37.4. The Morgan fingerprint density at radius 1 is 0.420 bits per heavy atom. The van der Waals surface area contributed by atoms with E-state index in [0.29, 0.717) is 11.8 Å². The molecular formula is C46H78O2P2. The van der Waals surface area contributed by atoms with Gasteiger partial charge in [0.05, 0.1) is 12.2 Å². The highest BCUT2D eigenvalue weighted by atomic mass is 31.0. The highest BCUT2D eigenvalue weighted by molar-refractivity contribution is 7.10. The zero-order valence-corrected chi connectivity index (χ0v) is 35.5. The van der Waals surface area contributed by atoms with Crippen molar-refractivity contribution in [3.8, 4) is 0 Å². The van der Waals surface area contributed by atoms with E-state index in [-0.39, 0.29) is 12.2 Å². The summed E-state index contributed by atoms with van der Waals surface area (Å²) >= 11 is 0. The summed E-state index contributed by atoms with van der Waals surface area (Å²) in [5.41, 5.74) is 0. The number of hydrogen-bond donors (Lipinski definition) is 0. The summed E-state index contributed by atoms with van der Waals surface area (Å²) in [7, 11) is 4.82. The molecule has 50 heavy (non-hydrogen) atoms. The van der Waals surface area contributed by atoms with E-state index in [1.54, 1.807) is 0 Å². The van der Waals surface area contributed by atoms with Gasteiger partial charge in [-0.2, -0.15) is 0 Å².